The Balaban J connectivity index is 2.83. The molecule has 136 valence electrons. The van der Waals surface area contributed by atoms with Gasteiger partial charge >= 0.3 is 16.2 Å². The molecule has 0 aliphatic heterocycles. The number of hydrogen-bond acceptors (Lipinski definition) is 6. The molecule has 0 spiro atoms. The van der Waals surface area contributed by atoms with Gasteiger partial charge in [0.1, 0.15) is 17.2 Å². The minimum absolute atomic E-state index is 0.185. The van der Waals surface area contributed by atoms with Crippen molar-refractivity contribution in [1.29, 1.82) is 0 Å². The normalized spacial score (nSPS) is 12.1. The van der Waals surface area contributed by atoms with E-state index in [-0.39, 0.29) is 12.4 Å². The van der Waals surface area contributed by atoms with Gasteiger partial charge in [-0.05, 0) is 39.3 Å². The molecule has 24 heavy (non-hydrogen) atoms. The fourth-order valence-corrected chi connectivity index (χ4v) is 2.22. The Kier molecular flexibility index (Phi) is 6.56. The number of carbonyl (C=O) groups is 1. The van der Waals surface area contributed by atoms with Crippen LogP contribution in [-0.4, -0.2) is 50.0 Å². The number of anilines is 1. The number of aryl methyl sites for hydroxylation is 1. The average Bonchev–Trinajstić information content (AvgIpc) is 2.43. The van der Waals surface area contributed by atoms with Crippen molar-refractivity contribution in [1.82, 2.24) is 9.29 Å². The van der Waals surface area contributed by atoms with Crippen molar-refractivity contribution in [3.63, 3.8) is 0 Å². The van der Waals surface area contributed by atoms with E-state index in [1.54, 1.807) is 26.8 Å². The summed E-state index contributed by atoms with van der Waals surface area (Å²) < 4.78 is 37.6. The molecule has 9 heteroatoms. The number of esters is 1. The largest absolute Gasteiger partial charge is 0.480 e. The summed E-state index contributed by atoms with van der Waals surface area (Å²) in [6, 6.07) is 3.05. The molecule has 1 aromatic heterocycles. The molecule has 1 aromatic rings. The number of rotatable bonds is 7. The molecule has 0 fully saturated rings. The number of aromatic nitrogens is 1. The number of hydrogen-bond donors (Lipinski definition) is 1. The van der Waals surface area contributed by atoms with Crippen LogP contribution in [0.3, 0.4) is 0 Å². The van der Waals surface area contributed by atoms with Crippen molar-refractivity contribution in [3.8, 4) is 5.75 Å². The van der Waals surface area contributed by atoms with Gasteiger partial charge < -0.3 is 9.47 Å². The number of pyridine rings is 1. The zero-order valence-electron chi connectivity index (χ0n) is 14.9. The number of nitrogens with zero attached hydrogens (tertiary/aromatic N) is 2. The summed E-state index contributed by atoms with van der Waals surface area (Å²) in [7, 11) is -0.793. The molecule has 0 atom stereocenters. The van der Waals surface area contributed by atoms with E-state index in [9.17, 15) is 13.2 Å². The van der Waals surface area contributed by atoms with Crippen LogP contribution >= 0.6 is 0 Å². The molecule has 0 saturated heterocycles. The van der Waals surface area contributed by atoms with Gasteiger partial charge in [-0.3, -0.25) is 4.72 Å². The molecule has 0 radical (unpaired) electrons. The topological polar surface area (TPSA) is 97.8 Å². The van der Waals surface area contributed by atoms with Crippen LogP contribution in [0.2, 0.25) is 0 Å². The Hall–Kier alpha value is -1.87. The minimum Gasteiger partial charge on any atom is -0.480 e. The fraction of sp³-hybridized carbons (Fsp3) is 0.600. The van der Waals surface area contributed by atoms with E-state index in [1.165, 1.54) is 20.2 Å². The highest BCUT2D eigenvalue weighted by Gasteiger charge is 2.18. The molecule has 0 unspecified atom stereocenters. The van der Waals surface area contributed by atoms with E-state index in [1.807, 2.05) is 6.92 Å². The molecule has 0 saturated carbocycles. The second-order valence-corrected chi connectivity index (χ2v) is 8.14. The molecular formula is C15H25N3O5S. The Bertz CT molecular complexity index is 681. The van der Waals surface area contributed by atoms with Crippen molar-refractivity contribution in [2.75, 3.05) is 25.4 Å². The summed E-state index contributed by atoms with van der Waals surface area (Å²) in [6.45, 7) is 6.93. The van der Waals surface area contributed by atoms with Crippen LogP contribution in [-0.2, 0) is 26.2 Å². The summed E-state index contributed by atoms with van der Waals surface area (Å²) >= 11 is 0. The SMILES string of the molecule is CCc1nc(NS(=O)(=O)N(C)C)ccc1OCC(=O)OC(C)(C)C. The summed E-state index contributed by atoms with van der Waals surface area (Å²) in [6.07, 6.45) is 0.515. The highest BCUT2D eigenvalue weighted by atomic mass is 32.2. The molecule has 1 N–H and O–H groups in total. The predicted molar refractivity (Wildman–Crippen MR) is 91.2 cm³/mol. The third-order valence-electron chi connectivity index (χ3n) is 2.75. The molecule has 8 nitrogen and oxygen atoms in total. The molecular weight excluding hydrogens is 334 g/mol. The first-order valence-corrected chi connectivity index (χ1v) is 8.93. The van der Waals surface area contributed by atoms with Crippen molar-refractivity contribution in [2.45, 2.75) is 39.7 Å². The Morgan fingerprint density at radius 3 is 2.42 bits per heavy atom. The lowest BCUT2D eigenvalue weighted by atomic mass is 10.2. The number of carbonyl (C=O) groups excluding carboxylic acids is 1. The zero-order chi connectivity index (χ0) is 18.5. The van der Waals surface area contributed by atoms with E-state index in [0.29, 0.717) is 17.9 Å². The summed E-state index contributed by atoms with van der Waals surface area (Å²) in [4.78, 5) is 15.9. The van der Waals surface area contributed by atoms with Gasteiger partial charge in [0.05, 0.1) is 5.69 Å². The first-order valence-electron chi connectivity index (χ1n) is 7.49. The van der Waals surface area contributed by atoms with Gasteiger partial charge in [0.2, 0.25) is 0 Å². The van der Waals surface area contributed by atoms with E-state index in [2.05, 4.69) is 9.71 Å². The minimum atomic E-state index is -3.63. The van der Waals surface area contributed by atoms with E-state index in [4.69, 9.17) is 9.47 Å². The Morgan fingerprint density at radius 2 is 1.92 bits per heavy atom. The second kappa shape index (κ2) is 7.80. The van der Waals surface area contributed by atoms with E-state index >= 15 is 0 Å². The van der Waals surface area contributed by atoms with Crippen molar-refractivity contribution >= 4 is 22.0 Å². The van der Waals surface area contributed by atoms with Crippen LogP contribution in [0.5, 0.6) is 5.75 Å². The van der Waals surface area contributed by atoms with Gasteiger partial charge in [0.15, 0.2) is 6.61 Å². The maximum absolute atomic E-state index is 11.8. The Morgan fingerprint density at radius 1 is 1.29 bits per heavy atom. The first-order chi connectivity index (χ1) is 10.9. The second-order valence-electron chi connectivity index (χ2n) is 6.26. The van der Waals surface area contributed by atoms with Crippen LogP contribution in [0.4, 0.5) is 5.82 Å². The average molecular weight is 359 g/mol. The van der Waals surface area contributed by atoms with Crippen molar-refractivity contribution in [3.05, 3.63) is 17.8 Å². The summed E-state index contributed by atoms with van der Waals surface area (Å²) in [5.41, 5.74) is -0.0434. The van der Waals surface area contributed by atoms with Gasteiger partial charge in [-0.15, -0.1) is 0 Å². The van der Waals surface area contributed by atoms with Crippen LogP contribution < -0.4 is 9.46 Å². The monoisotopic (exact) mass is 359 g/mol. The van der Waals surface area contributed by atoms with E-state index < -0.39 is 21.8 Å². The summed E-state index contributed by atoms with van der Waals surface area (Å²) in [5.74, 6) is 0.114. The van der Waals surface area contributed by atoms with E-state index in [0.717, 1.165) is 4.31 Å². The number of ether oxygens (including phenoxy) is 2. The molecule has 0 aromatic carbocycles. The molecule has 1 rings (SSSR count). The zero-order valence-corrected chi connectivity index (χ0v) is 15.7. The Labute approximate surface area is 143 Å². The van der Waals surface area contributed by atoms with Crippen LogP contribution in [0.1, 0.15) is 33.4 Å². The molecule has 0 bridgehead atoms. The van der Waals surface area contributed by atoms with Crippen LogP contribution in [0, 0.1) is 0 Å². The summed E-state index contributed by atoms with van der Waals surface area (Å²) in [5, 5.41) is 0. The molecule has 1 heterocycles. The standard InChI is InChI=1S/C15H25N3O5S/c1-7-11-12(22-10-14(19)23-15(2,3)4)8-9-13(16-11)17-24(20,21)18(5)6/h8-9H,7,10H2,1-6H3,(H,16,17). The van der Waals surface area contributed by atoms with Gasteiger partial charge in [-0.1, -0.05) is 6.92 Å². The fourth-order valence-electron chi connectivity index (χ4n) is 1.66. The lowest BCUT2D eigenvalue weighted by molar-refractivity contribution is -0.157. The predicted octanol–water partition coefficient (Wildman–Crippen LogP) is 1.58. The lowest BCUT2D eigenvalue weighted by Gasteiger charge is -2.20. The highest BCUT2D eigenvalue weighted by molar-refractivity contribution is 7.90. The van der Waals surface area contributed by atoms with Gasteiger partial charge in [-0.25, -0.2) is 9.78 Å². The molecule has 0 aliphatic rings. The van der Waals surface area contributed by atoms with Crippen LogP contribution in [0.15, 0.2) is 12.1 Å². The van der Waals surface area contributed by atoms with Crippen LogP contribution in [0.25, 0.3) is 0 Å². The third kappa shape index (κ3) is 6.32. The maximum Gasteiger partial charge on any atom is 0.344 e. The molecule has 0 aliphatic carbocycles. The van der Waals surface area contributed by atoms with Crippen molar-refractivity contribution in [2.24, 2.45) is 0 Å². The van der Waals surface area contributed by atoms with Crippen molar-refractivity contribution < 1.29 is 22.7 Å². The quantitative estimate of drug-likeness (QED) is 0.742. The highest BCUT2D eigenvalue weighted by Crippen LogP contribution is 2.21. The smallest absolute Gasteiger partial charge is 0.344 e. The molecule has 0 amide bonds. The number of nitrogens with one attached hydrogen (secondary N) is 1. The third-order valence-corrected chi connectivity index (χ3v) is 4.18. The van der Waals surface area contributed by atoms with Gasteiger partial charge in [-0.2, -0.15) is 12.7 Å². The van der Waals surface area contributed by atoms with Gasteiger partial charge in [0, 0.05) is 14.1 Å². The lowest BCUT2D eigenvalue weighted by Crippen LogP contribution is -2.29. The maximum atomic E-state index is 11.8. The van der Waals surface area contributed by atoms with Gasteiger partial charge in [0.25, 0.3) is 0 Å². The first kappa shape index (κ1) is 20.2.